The van der Waals surface area contributed by atoms with E-state index in [1.165, 1.54) is 0 Å². The van der Waals surface area contributed by atoms with Gasteiger partial charge in [-0.15, -0.1) is 25.3 Å². The number of thiol groups is 2. The third-order valence-corrected chi connectivity index (χ3v) is 2.03. The highest BCUT2D eigenvalue weighted by molar-refractivity contribution is 7.88. The lowest BCUT2D eigenvalue weighted by atomic mass is 10.3. The summed E-state index contributed by atoms with van der Waals surface area (Å²) in [5, 5.41) is 23.2. The number of allylic oxidation sites excluding steroid dienone is 2. The first kappa shape index (κ1) is 8.85. The van der Waals surface area contributed by atoms with E-state index in [4.69, 9.17) is 10.5 Å². The molecule has 0 aliphatic carbocycles. The van der Waals surface area contributed by atoms with Crippen LogP contribution in [0.25, 0.3) is 0 Å². The molecule has 2 N–H and O–H groups in total. The van der Waals surface area contributed by atoms with Crippen LogP contribution in [0.3, 0.4) is 0 Å². The Morgan fingerprint density at radius 3 is 1.50 bits per heavy atom. The van der Waals surface area contributed by atoms with Crippen LogP contribution in [0, 0.1) is 22.7 Å². The van der Waals surface area contributed by atoms with E-state index in [0.29, 0.717) is 10.1 Å². The van der Waals surface area contributed by atoms with Gasteiger partial charge in [0, 0.05) is 0 Å². The maximum atomic E-state index is 8.55. The van der Waals surface area contributed by atoms with Gasteiger partial charge in [0.15, 0.2) is 11.4 Å². The summed E-state index contributed by atoms with van der Waals surface area (Å²) in [6, 6.07) is 3.64. The molecule has 0 aromatic rings. The fraction of sp³-hybridized carbons (Fsp3) is 0. The normalized spacial score (nSPS) is 16.0. The number of nitrogens with zero attached hydrogens (tertiary/aromatic N) is 2. The molecule has 60 valence electrons. The SMILES string of the molecule is N#CC1=C(C#N)NC(S)=C(S)N1. The van der Waals surface area contributed by atoms with Crippen molar-refractivity contribution in [2.45, 2.75) is 0 Å². The van der Waals surface area contributed by atoms with Crippen molar-refractivity contribution in [3.8, 4) is 12.1 Å². The summed E-state index contributed by atoms with van der Waals surface area (Å²) in [7, 11) is 0. The zero-order valence-corrected chi connectivity index (χ0v) is 7.58. The fourth-order valence-corrected chi connectivity index (χ4v) is 0.983. The highest BCUT2D eigenvalue weighted by Crippen LogP contribution is 2.16. The Balaban J connectivity index is 3.02. The van der Waals surface area contributed by atoms with Gasteiger partial charge < -0.3 is 10.6 Å². The van der Waals surface area contributed by atoms with Crippen LogP contribution in [-0.4, -0.2) is 0 Å². The van der Waals surface area contributed by atoms with Crippen molar-refractivity contribution in [1.82, 2.24) is 10.6 Å². The van der Waals surface area contributed by atoms with Gasteiger partial charge in [-0.2, -0.15) is 10.5 Å². The smallest absolute Gasteiger partial charge is 0.153 e. The van der Waals surface area contributed by atoms with E-state index in [-0.39, 0.29) is 11.4 Å². The van der Waals surface area contributed by atoms with Gasteiger partial charge >= 0.3 is 0 Å². The van der Waals surface area contributed by atoms with Crippen molar-refractivity contribution in [3.05, 3.63) is 21.5 Å². The fourth-order valence-electron chi connectivity index (χ4n) is 0.648. The van der Waals surface area contributed by atoms with Gasteiger partial charge in [-0.3, -0.25) is 0 Å². The second kappa shape index (κ2) is 3.44. The van der Waals surface area contributed by atoms with Crippen LogP contribution in [0.1, 0.15) is 0 Å². The molecule has 0 unspecified atom stereocenters. The predicted octanol–water partition coefficient (Wildman–Crippen LogP) is 0.424. The minimum Gasteiger partial charge on any atom is -0.337 e. The van der Waals surface area contributed by atoms with Crippen LogP contribution < -0.4 is 10.6 Å². The Morgan fingerprint density at radius 1 is 0.917 bits per heavy atom. The second-order valence-electron chi connectivity index (χ2n) is 1.92. The lowest BCUT2D eigenvalue weighted by Crippen LogP contribution is -2.26. The van der Waals surface area contributed by atoms with Gasteiger partial charge in [-0.25, -0.2) is 0 Å². The summed E-state index contributed by atoms with van der Waals surface area (Å²) in [6.45, 7) is 0. The van der Waals surface area contributed by atoms with Crippen molar-refractivity contribution < 1.29 is 0 Å². The summed E-state index contributed by atoms with van der Waals surface area (Å²) >= 11 is 7.97. The van der Waals surface area contributed by atoms with Crippen LogP contribution in [0.15, 0.2) is 21.5 Å². The summed E-state index contributed by atoms with van der Waals surface area (Å²) in [5.41, 5.74) is 0.306. The van der Waals surface area contributed by atoms with E-state index in [1.807, 2.05) is 12.1 Å². The minimum absolute atomic E-state index is 0.153. The van der Waals surface area contributed by atoms with Crippen molar-refractivity contribution in [1.29, 1.82) is 10.5 Å². The van der Waals surface area contributed by atoms with Crippen molar-refractivity contribution in [2.24, 2.45) is 0 Å². The summed E-state index contributed by atoms with van der Waals surface area (Å²) in [5.74, 6) is 0. The lowest BCUT2D eigenvalue weighted by molar-refractivity contribution is 0.925. The molecule has 1 rings (SSSR count). The van der Waals surface area contributed by atoms with Gasteiger partial charge in [-0.05, 0) is 0 Å². The average molecular weight is 196 g/mol. The van der Waals surface area contributed by atoms with Gasteiger partial charge in [-0.1, -0.05) is 0 Å². The number of nitriles is 2. The van der Waals surface area contributed by atoms with E-state index in [1.54, 1.807) is 0 Å². The molecule has 0 saturated carbocycles. The molecule has 1 heterocycles. The molecule has 0 spiro atoms. The Kier molecular flexibility index (Phi) is 2.54. The first-order valence-corrected chi connectivity index (χ1v) is 3.79. The molecule has 0 bridgehead atoms. The highest BCUT2D eigenvalue weighted by atomic mass is 32.1. The van der Waals surface area contributed by atoms with Gasteiger partial charge in [0.2, 0.25) is 0 Å². The van der Waals surface area contributed by atoms with E-state index < -0.39 is 0 Å². The number of nitrogens with one attached hydrogen (secondary N) is 2. The third-order valence-electron chi connectivity index (χ3n) is 1.18. The minimum atomic E-state index is 0.153. The maximum absolute atomic E-state index is 8.55. The number of hydrogen-bond acceptors (Lipinski definition) is 6. The molecule has 6 heteroatoms. The first-order chi connectivity index (χ1) is 5.69. The second-order valence-corrected chi connectivity index (χ2v) is 2.82. The van der Waals surface area contributed by atoms with Crippen LogP contribution in [-0.2, 0) is 0 Å². The van der Waals surface area contributed by atoms with Crippen LogP contribution >= 0.6 is 25.3 Å². The summed E-state index contributed by atoms with van der Waals surface area (Å²) < 4.78 is 0. The quantitative estimate of drug-likeness (QED) is 0.424. The molecule has 0 aromatic heterocycles. The van der Waals surface area contributed by atoms with Crippen molar-refractivity contribution in [3.63, 3.8) is 0 Å². The van der Waals surface area contributed by atoms with Crippen LogP contribution in [0.2, 0.25) is 0 Å². The van der Waals surface area contributed by atoms with E-state index in [0.717, 1.165) is 0 Å². The molecule has 1 aliphatic rings. The van der Waals surface area contributed by atoms with Crippen LogP contribution in [0.5, 0.6) is 0 Å². The number of rotatable bonds is 0. The maximum Gasteiger partial charge on any atom is 0.153 e. The first-order valence-electron chi connectivity index (χ1n) is 2.89. The zero-order chi connectivity index (χ0) is 9.14. The van der Waals surface area contributed by atoms with E-state index in [9.17, 15) is 0 Å². The average Bonchev–Trinajstić information content (AvgIpc) is 2.09. The molecular weight excluding hydrogens is 192 g/mol. The Hall–Kier alpha value is -1.24. The molecule has 12 heavy (non-hydrogen) atoms. The zero-order valence-electron chi connectivity index (χ0n) is 5.79. The summed E-state index contributed by atoms with van der Waals surface area (Å²) in [4.78, 5) is 0. The highest BCUT2D eigenvalue weighted by Gasteiger charge is 2.14. The monoisotopic (exact) mass is 196 g/mol. The van der Waals surface area contributed by atoms with Gasteiger partial charge in [0.1, 0.15) is 22.2 Å². The molecular formula is C6H4N4S2. The Labute approximate surface area is 80.4 Å². The molecule has 1 aliphatic heterocycles. The standard InChI is InChI=1S/C6H4N4S2/c7-1-3-4(2-8)10-6(12)5(11)9-3/h9-12H. The molecule has 0 fully saturated rings. The Bertz CT molecular complexity index is 321. The van der Waals surface area contributed by atoms with E-state index >= 15 is 0 Å². The predicted molar refractivity (Wildman–Crippen MR) is 49.5 cm³/mol. The topological polar surface area (TPSA) is 71.6 Å². The summed E-state index contributed by atoms with van der Waals surface area (Å²) in [6.07, 6.45) is 0. The molecule has 4 nitrogen and oxygen atoms in total. The van der Waals surface area contributed by atoms with Crippen LogP contribution in [0.4, 0.5) is 0 Å². The Morgan fingerprint density at radius 2 is 1.25 bits per heavy atom. The third kappa shape index (κ3) is 1.50. The molecule has 0 radical (unpaired) electrons. The van der Waals surface area contributed by atoms with Crippen molar-refractivity contribution in [2.75, 3.05) is 0 Å². The number of hydrogen-bond donors (Lipinski definition) is 4. The largest absolute Gasteiger partial charge is 0.337 e. The molecule has 0 amide bonds. The van der Waals surface area contributed by atoms with Gasteiger partial charge in [0.25, 0.3) is 0 Å². The molecule has 0 atom stereocenters. The molecule has 0 saturated heterocycles. The van der Waals surface area contributed by atoms with Gasteiger partial charge in [0.05, 0.1) is 0 Å². The van der Waals surface area contributed by atoms with E-state index in [2.05, 4.69) is 35.9 Å². The van der Waals surface area contributed by atoms with Crippen molar-refractivity contribution >= 4 is 25.3 Å². The molecule has 0 aromatic carbocycles. The lowest BCUT2D eigenvalue weighted by Gasteiger charge is -2.16.